The molecule has 0 spiro atoms. The second-order valence-corrected chi connectivity index (χ2v) is 6.10. The van der Waals surface area contributed by atoms with E-state index in [9.17, 15) is 4.79 Å². The minimum atomic E-state index is -0.0464. The number of pyridine rings is 2. The summed E-state index contributed by atoms with van der Waals surface area (Å²) < 4.78 is 0. The normalized spacial score (nSPS) is 11.4. The fraction of sp³-hybridized carbons (Fsp3) is 0.0526. The van der Waals surface area contributed by atoms with E-state index in [1.54, 1.807) is 36.9 Å². The van der Waals surface area contributed by atoms with Gasteiger partial charge in [-0.1, -0.05) is 18.2 Å². The zero-order valence-electron chi connectivity index (χ0n) is 13.1. The molecule has 3 aromatic heterocycles. The van der Waals surface area contributed by atoms with Crippen LogP contribution in [-0.4, -0.2) is 20.7 Å². The van der Waals surface area contributed by atoms with E-state index in [4.69, 9.17) is 0 Å². The Balaban J connectivity index is 1.75. The highest BCUT2D eigenvalue weighted by molar-refractivity contribution is 7.14. The lowest BCUT2D eigenvalue weighted by molar-refractivity contribution is 0.105. The Morgan fingerprint density at radius 3 is 2.29 bits per heavy atom. The van der Waals surface area contributed by atoms with Gasteiger partial charge in [-0.05, 0) is 48.4 Å². The number of aromatic nitrogens is 3. The molecule has 0 aliphatic rings. The van der Waals surface area contributed by atoms with Crippen LogP contribution in [0.2, 0.25) is 0 Å². The molecule has 118 valence electrons. The Bertz CT molecular complexity index is 883. The monoisotopic (exact) mass is 333 g/mol. The van der Waals surface area contributed by atoms with Crippen LogP contribution in [0.15, 0.2) is 55.1 Å². The van der Waals surface area contributed by atoms with Gasteiger partial charge in [0, 0.05) is 24.8 Å². The lowest BCUT2D eigenvalue weighted by Gasteiger charge is -1.92. The fourth-order valence-corrected chi connectivity index (χ4v) is 2.97. The summed E-state index contributed by atoms with van der Waals surface area (Å²) in [6.07, 6.45) is 14.1. The maximum absolute atomic E-state index is 12.4. The Morgan fingerprint density at radius 1 is 1.00 bits per heavy atom. The van der Waals surface area contributed by atoms with Crippen molar-refractivity contribution in [3.63, 3.8) is 0 Å². The van der Waals surface area contributed by atoms with Crippen molar-refractivity contribution in [1.29, 1.82) is 0 Å². The standard InChI is InChI=1S/C19H15N3OS/c1-14-19(17(23)8-6-15-4-2-10-20-12-15)24-18(22-14)9-7-16-5-3-11-21-13-16/h2-13H,1H3/b8-6+,9-7+. The average molecular weight is 333 g/mol. The average Bonchev–Trinajstić information content (AvgIpc) is 3.00. The second kappa shape index (κ2) is 7.57. The maximum atomic E-state index is 12.4. The SMILES string of the molecule is Cc1nc(/C=C/c2cccnc2)sc1C(=O)/C=C/c1cccnc1. The lowest BCUT2D eigenvalue weighted by atomic mass is 10.2. The Kier molecular flexibility index (Phi) is 5.03. The molecule has 5 heteroatoms. The van der Waals surface area contributed by atoms with Gasteiger partial charge in [-0.3, -0.25) is 14.8 Å². The number of hydrogen-bond donors (Lipinski definition) is 0. The molecule has 3 rings (SSSR count). The minimum absolute atomic E-state index is 0.0464. The summed E-state index contributed by atoms with van der Waals surface area (Å²) in [7, 11) is 0. The number of aryl methyl sites for hydroxylation is 1. The largest absolute Gasteiger partial charge is 0.288 e. The van der Waals surface area contributed by atoms with Gasteiger partial charge < -0.3 is 0 Å². The Labute approximate surface area is 144 Å². The molecule has 0 fully saturated rings. The second-order valence-electron chi connectivity index (χ2n) is 5.07. The molecule has 0 aromatic carbocycles. The van der Waals surface area contributed by atoms with Crippen LogP contribution in [0.25, 0.3) is 18.2 Å². The van der Waals surface area contributed by atoms with E-state index in [1.807, 2.05) is 43.3 Å². The lowest BCUT2D eigenvalue weighted by Crippen LogP contribution is -1.93. The van der Waals surface area contributed by atoms with Crippen molar-refractivity contribution in [2.24, 2.45) is 0 Å². The zero-order chi connectivity index (χ0) is 16.8. The van der Waals surface area contributed by atoms with E-state index in [2.05, 4.69) is 15.0 Å². The van der Waals surface area contributed by atoms with Crippen LogP contribution in [-0.2, 0) is 0 Å². The van der Waals surface area contributed by atoms with Crippen molar-refractivity contribution in [1.82, 2.24) is 15.0 Å². The summed E-state index contributed by atoms with van der Waals surface area (Å²) in [5.41, 5.74) is 2.63. The van der Waals surface area contributed by atoms with Crippen molar-refractivity contribution in [2.45, 2.75) is 6.92 Å². The molecular weight excluding hydrogens is 318 g/mol. The molecule has 0 unspecified atom stereocenters. The molecular formula is C19H15N3OS. The maximum Gasteiger partial charge on any atom is 0.197 e. The van der Waals surface area contributed by atoms with Gasteiger partial charge in [0.15, 0.2) is 5.78 Å². The van der Waals surface area contributed by atoms with Gasteiger partial charge in [0.25, 0.3) is 0 Å². The zero-order valence-corrected chi connectivity index (χ0v) is 13.9. The first-order chi connectivity index (χ1) is 11.7. The highest BCUT2D eigenvalue weighted by atomic mass is 32.1. The van der Waals surface area contributed by atoms with Crippen molar-refractivity contribution in [3.8, 4) is 0 Å². The Hall–Kier alpha value is -2.92. The summed E-state index contributed by atoms with van der Waals surface area (Å²) >= 11 is 1.39. The van der Waals surface area contributed by atoms with E-state index >= 15 is 0 Å². The summed E-state index contributed by atoms with van der Waals surface area (Å²) in [5, 5.41) is 0.800. The quantitative estimate of drug-likeness (QED) is 0.516. The van der Waals surface area contributed by atoms with Gasteiger partial charge in [0.2, 0.25) is 0 Å². The van der Waals surface area contributed by atoms with E-state index in [0.717, 1.165) is 21.8 Å². The van der Waals surface area contributed by atoms with Crippen LogP contribution in [0.1, 0.15) is 31.5 Å². The third kappa shape index (κ3) is 4.08. The third-order valence-electron chi connectivity index (χ3n) is 3.25. The fourth-order valence-electron chi connectivity index (χ4n) is 2.08. The third-order valence-corrected chi connectivity index (χ3v) is 4.39. The predicted octanol–water partition coefficient (Wildman–Crippen LogP) is 4.31. The minimum Gasteiger partial charge on any atom is -0.288 e. The first-order valence-corrected chi connectivity index (χ1v) is 8.22. The van der Waals surface area contributed by atoms with Crippen LogP contribution >= 0.6 is 11.3 Å². The molecule has 24 heavy (non-hydrogen) atoms. The number of hydrogen-bond acceptors (Lipinski definition) is 5. The van der Waals surface area contributed by atoms with Gasteiger partial charge in [0.05, 0.1) is 10.6 Å². The molecule has 0 amide bonds. The van der Waals surface area contributed by atoms with Gasteiger partial charge in [0.1, 0.15) is 5.01 Å². The molecule has 0 radical (unpaired) electrons. The van der Waals surface area contributed by atoms with Crippen LogP contribution in [0.5, 0.6) is 0 Å². The highest BCUT2D eigenvalue weighted by Crippen LogP contribution is 2.21. The van der Waals surface area contributed by atoms with Gasteiger partial charge >= 0.3 is 0 Å². The number of allylic oxidation sites excluding steroid dienone is 1. The van der Waals surface area contributed by atoms with Gasteiger partial charge in [-0.25, -0.2) is 4.98 Å². The number of rotatable bonds is 5. The van der Waals surface area contributed by atoms with Crippen molar-refractivity contribution < 1.29 is 4.79 Å². The molecule has 3 aromatic rings. The van der Waals surface area contributed by atoms with E-state index in [0.29, 0.717) is 4.88 Å². The molecule has 0 N–H and O–H groups in total. The molecule has 0 aliphatic heterocycles. The van der Waals surface area contributed by atoms with Crippen LogP contribution in [0.4, 0.5) is 0 Å². The topological polar surface area (TPSA) is 55.7 Å². The molecule has 0 atom stereocenters. The molecule has 3 heterocycles. The number of carbonyl (C=O) groups excluding carboxylic acids is 1. The van der Waals surface area contributed by atoms with E-state index in [-0.39, 0.29) is 5.78 Å². The van der Waals surface area contributed by atoms with Crippen molar-refractivity contribution in [2.75, 3.05) is 0 Å². The molecule has 0 aliphatic carbocycles. The predicted molar refractivity (Wildman–Crippen MR) is 97.6 cm³/mol. The number of carbonyl (C=O) groups is 1. The number of thiazole rings is 1. The van der Waals surface area contributed by atoms with Crippen molar-refractivity contribution >= 4 is 35.3 Å². The number of ketones is 1. The highest BCUT2D eigenvalue weighted by Gasteiger charge is 2.11. The summed E-state index contributed by atoms with van der Waals surface area (Å²) in [6, 6.07) is 7.58. The van der Waals surface area contributed by atoms with E-state index in [1.165, 1.54) is 11.3 Å². The van der Waals surface area contributed by atoms with Crippen molar-refractivity contribution in [3.05, 3.63) is 81.8 Å². The molecule has 4 nitrogen and oxygen atoms in total. The molecule has 0 saturated carbocycles. The van der Waals surface area contributed by atoms with Gasteiger partial charge in [-0.15, -0.1) is 11.3 Å². The first kappa shape index (κ1) is 16.0. The van der Waals surface area contributed by atoms with Gasteiger partial charge in [-0.2, -0.15) is 0 Å². The smallest absolute Gasteiger partial charge is 0.197 e. The van der Waals surface area contributed by atoms with Crippen LogP contribution in [0.3, 0.4) is 0 Å². The van der Waals surface area contributed by atoms with Crippen LogP contribution in [0, 0.1) is 6.92 Å². The van der Waals surface area contributed by atoms with Crippen LogP contribution < -0.4 is 0 Å². The summed E-state index contributed by atoms with van der Waals surface area (Å²) in [6.45, 7) is 1.85. The molecule has 0 saturated heterocycles. The number of nitrogens with zero attached hydrogens (tertiary/aromatic N) is 3. The Morgan fingerprint density at radius 2 is 1.67 bits per heavy atom. The first-order valence-electron chi connectivity index (χ1n) is 7.40. The van der Waals surface area contributed by atoms with E-state index < -0.39 is 0 Å². The summed E-state index contributed by atoms with van der Waals surface area (Å²) in [4.78, 5) is 25.5. The summed E-state index contributed by atoms with van der Waals surface area (Å²) in [5.74, 6) is -0.0464. The molecule has 0 bridgehead atoms.